The SMILES string of the molecule is O=C(NC1CC1)c1nnc(NC(=O)C2CC2)cc1Nc1cccc(OC2CNC2)c1. The van der Waals surface area contributed by atoms with Gasteiger partial charge < -0.3 is 26.0 Å². The van der Waals surface area contributed by atoms with Gasteiger partial charge >= 0.3 is 0 Å². The molecule has 2 amide bonds. The topological polar surface area (TPSA) is 117 Å². The second kappa shape index (κ2) is 7.91. The smallest absolute Gasteiger partial charge is 0.274 e. The average molecular weight is 408 g/mol. The molecule has 4 N–H and O–H groups in total. The summed E-state index contributed by atoms with van der Waals surface area (Å²) in [5, 5.41) is 20.3. The number of aromatic nitrogens is 2. The zero-order valence-corrected chi connectivity index (χ0v) is 16.5. The van der Waals surface area contributed by atoms with Crippen molar-refractivity contribution in [2.24, 2.45) is 5.92 Å². The van der Waals surface area contributed by atoms with Gasteiger partial charge in [-0.1, -0.05) is 6.07 Å². The van der Waals surface area contributed by atoms with Gasteiger partial charge in [0.05, 0.1) is 5.69 Å². The summed E-state index contributed by atoms with van der Waals surface area (Å²) < 4.78 is 5.91. The quantitative estimate of drug-likeness (QED) is 0.526. The maximum atomic E-state index is 12.6. The van der Waals surface area contributed by atoms with Crippen LogP contribution in [0.3, 0.4) is 0 Å². The first-order chi connectivity index (χ1) is 14.6. The minimum atomic E-state index is -0.277. The molecule has 1 aromatic carbocycles. The Morgan fingerprint density at radius 1 is 1.07 bits per heavy atom. The molecule has 0 unspecified atom stereocenters. The fourth-order valence-corrected chi connectivity index (χ4v) is 3.11. The largest absolute Gasteiger partial charge is 0.488 e. The zero-order chi connectivity index (χ0) is 20.5. The van der Waals surface area contributed by atoms with Gasteiger partial charge in [-0.2, -0.15) is 0 Å². The number of benzene rings is 1. The van der Waals surface area contributed by atoms with Crippen molar-refractivity contribution < 1.29 is 14.3 Å². The molecule has 0 atom stereocenters. The van der Waals surface area contributed by atoms with Crippen LogP contribution in [0.25, 0.3) is 0 Å². The van der Waals surface area contributed by atoms with Crippen LogP contribution in [0.5, 0.6) is 5.75 Å². The van der Waals surface area contributed by atoms with Crippen molar-refractivity contribution >= 4 is 29.0 Å². The van der Waals surface area contributed by atoms with Crippen LogP contribution in [0.4, 0.5) is 17.2 Å². The summed E-state index contributed by atoms with van der Waals surface area (Å²) in [6.07, 6.45) is 3.93. The van der Waals surface area contributed by atoms with Crippen LogP contribution in [-0.4, -0.2) is 47.2 Å². The number of rotatable bonds is 8. The predicted molar refractivity (Wildman–Crippen MR) is 111 cm³/mol. The highest BCUT2D eigenvalue weighted by atomic mass is 16.5. The molecule has 0 radical (unpaired) electrons. The first-order valence-electron chi connectivity index (χ1n) is 10.4. The molecule has 30 heavy (non-hydrogen) atoms. The van der Waals surface area contributed by atoms with Crippen molar-refractivity contribution in [2.45, 2.75) is 37.8 Å². The van der Waals surface area contributed by atoms with E-state index in [1.807, 2.05) is 24.3 Å². The van der Waals surface area contributed by atoms with E-state index in [2.05, 4.69) is 31.5 Å². The molecule has 9 heteroatoms. The number of hydrogen-bond donors (Lipinski definition) is 4. The maximum absolute atomic E-state index is 12.6. The maximum Gasteiger partial charge on any atom is 0.274 e. The lowest BCUT2D eigenvalue weighted by Crippen LogP contribution is -2.50. The van der Waals surface area contributed by atoms with Crippen LogP contribution < -0.4 is 26.0 Å². The first kappa shape index (κ1) is 18.8. The number of ether oxygens (including phenoxy) is 1. The second-order valence-electron chi connectivity index (χ2n) is 8.05. The number of amides is 2. The summed E-state index contributed by atoms with van der Waals surface area (Å²) in [5.41, 5.74) is 1.44. The highest BCUT2D eigenvalue weighted by Gasteiger charge is 2.30. The monoisotopic (exact) mass is 408 g/mol. The Hall–Kier alpha value is -3.20. The Kier molecular flexibility index (Phi) is 4.96. The fourth-order valence-electron chi connectivity index (χ4n) is 3.11. The highest BCUT2D eigenvalue weighted by Crippen LogP contribution is 2.31. The van der Waals surface area contributed by atoms with Gasteiger partial charge in [0.1, 0.15) is 11.9 Å². The molecule has 0 spiro atoms. The molecule has 1 saturated heterocycles. The lowest BCUT2D eigenvalue weighted by Gasteiger charge is -2.28. The predicted octanol–water partition coefficient (Wildman–Crippen LogP) is 1.81. The third-order valence-corrected chi connectivity index (χ3v) is 5.28. The summed E-state index contributed by atoms with van der Waals surface area (Å²) in [5.74, 6) is 0.788. The van der Waals surface area contributed by atoms with E-state index in [0.717, 1.165) is 50.2 Å². The molecule has 0 bridgehead atoms. The summed E-state index contributed by atoms with van der Waals surface area (Å²) in [6.45, 7) is 1.67. The minimum absolute atomic E-state index is 0.0517. The Bertz CT molecular complexity index is 969. The zero-order valence-electron chi connectivity index (χ0n) is 16.5. The lowest BCUT2D eigenvalue weighted by molar-refractivity contribution is -0.117. The Morgan fingerprint density at radius 3 is 2.60 bits per heavy atom. The molecule has 2 heterocycles. The van der Waals surface area contributed by atoms with Crippen molar-refractivity contribution in [1.29, 1.82) is 0 Å². The van der Waals surface area contributed by atoms with Gasteiger partial charge in [-0.3, -0.25) is 9.59 Å². The van der Waals surface area contributed by atoms with Gasteiger partial charge in [0.25, 0.3) is 5.91 Å². The number of nitrogens with zero attached hydrogens (tertiary/aromatic N) is 2. The van der Waals surface area contributed by atoms with Crippen LogP contribution in [0.2, 0.25) is 0 Å². The molecule has 1 aliphatic heterocycles. The molecular formula is C21H24N6O3. The third-order valence-electron chi connectivity index (χ3n) is 5.28. The van der Waals surface area contributed by atoms with Gasteiger partial charge in [-0.25, -0.2) is 0 Å². The molecule has 2 aliphatic carbocycles. The first-order valence-corrected chi connectivity index (χ1v) is 10.4. The van der Waals surface area contributed by atoms with E-state index in [1.165, 1.54) is 0 Å². The summed E-state index contributed by atoms with van der Waals surface area (Å²) in [6, 6.07) is 9.41. The molecule has 156 valence electrons. The summed E-state index contributed by atoms with van der Waals surface area (Å²) in [7, 11) is 0. The standard InChI is InChI=1S/C21H24N6O3/c28-20(12-4-5-12)25-18-9-17(19(27-26-18)21(29)24-13-6-7-13)23-14-2-1-3-15(8-14)30-16-10-22-11-16/h1-3,8-9,12-13,16,22H,4-7,10-11H2,(H,24,29)(H2,23,25,26,28). The van der Waals surface area contributed by atoms with Crippen LogP contribution in [0.15, 0.2) is 30.3 Å². The molecule has 2 aromatic rings. The molecule has 5 rings (SSSR count). The van der Waals surface area contributed by atoms with E-state index >= 15 is 0 Å². The van der Waals surface area contributed by atoms with Crippen molar-refractivity contribution in [1.82, 2.24) is 20.8 Å². The summed E-state index contributed by atoms with van der Waals surface area (Å²) >= 11 is 0. The Labute approximate surface area is 174 Å². The molecule has 1 aromatic heterocycles. The molecule has 3 aliphatic rings. The van der Waals surface area contributed by atoms with Crippen LogP contribution >= 0.6 is 0 Å². The van der Waals surface area contributed by atoms with E-state index in [-0.39, 0.29) is 35.6 Å². The van der Waals surface area contributed by atoms with Gasteiger partial charge in [0, 0.05) is 42.9 Å². The number of nitrogens with one attached hydrogen (secondary N) is 4. The van der Waals surface area contributed by atoms with Gasteiger partial charge in [-0.05, 0) is 37.8 Å². The highest BCUT2D eigenvalue weighted by molar-refractivity contribution is 6.00. The molecule has 3 fully saturated rings. The van der Waals surface area contributed by atoms with E-state index in [9.17, 15) is 9.59 Å². The van der Waals surface area contributed by atoms with E-state index in [4.69, 9.17) is 4.74 Å². The van der Waals surface area contributed by atoms with Gasteiger partial charge in [-0.15, -0.1) is 10.2 Å². The van der Waals surface area contributed by atoms with Crippen molar-refractivity contribution in [3.05, 3.63) is 36.0 Å². The van der Waals surface area contributed by atoms with Crippen molar-refractivity contribution in [3.63, 3.8) is 0 Å². The van der Waals surface area contributed by atoms with Gasteiger partial charge in [0.15, 0.2) is 11.5 Å². The number of carbonyl (C=O) groups is 2. The van der Waals surface area contributed by atoms with Crippen LogP contribution in [-0.2, 0) is 4.79 Å². The lowest BCUT2D eigenvalue weighted by atomic mass is 10.2. The normalized spacial score (nSPS) is 18.3. The van der Waals surface area contributed by atoms with E-state index in [0.29, 0.717) is 11.5 Å². The van der Waals surface area contributed by atoms with E-state index in [1.54, 1.807) is 6.07 Å². The van der Waals surface area contributed by atoms with Crippen LogP contribution in [0, 0.1) is 5.92 Å². The average Bonchev–Trinajstić information content (AvgIpc) is 3.59. The fraction of sp³-hybridized carbons (Fsp3) is 0.429. The number of anilines is 3. The van der Waals surface area contributed by atoms with Gasteiger partial charge in [0.2, 0.25) is 5.91 Å². The third kappa shape index (κ3) is 4.51. The molecular weight excluding hydrogens is 384 g/mol. The Balaban J connectivity index is 1.37. The Morgan fingerprint density at radius 2 is 1.90 bits per heavy atom. The van der Waals surface area contributed by atoms with Crippen molar-refractivity contribution in [3.8, 4) is 5.75 Å². The number of hydrogen-bond acceptors (Lipinski definition) is 7. The molecule has 9 nitrogen and oxygen atoms in total. The van der Waals surface area contributed by atoms with Crippen molar-refractivity contribution in [2.75, 3.05) is 23.7 Å². The minimum Gasteiger partial charge on any atom is -0.488 e. The number of carbonyl (C=O) groups excluding carboxylic acids is 2. The van der Waals surface area contributed by atoms with E-state index < -0.39 is 0 Å². The van der Waals surface area contributed by atoms with Crippen LogP contribution in [0.1, 0.15) is 36.2 Å². The summed E-state index contributed by atoms with van der Waals surface area (Å²) in [4.78, 5) is 24.7. The molecule has 2 saturated carbocycles. The second-order valence-corrected chi connectivity index (χ2v) is 8.05.